The van der Waals surface area contributed by atoms with Gasteiger partial charge in [-0.1, -0.05) is 12.1 Å². The Hall–Kier alpha value is -2.45. The number of nitrogens with two attached hydrogens (primary N) is 1. The second kappa shape index (κ2) is 7.84. The van der Waals surface area contributed by atoms with Crippen LogP contribution in [0.4, 0.5) is 0 Å². The molecule has 1 fully saturated rings. The molecule has 4 N–H and O–H groups in total. The fourth-order valence-corrected chi connectivity index (χ4v) is 3.50. The molecule has 1 amide bonds. The number of hydrogen-bond acceptors (Lipinski definition) is 5. The molecule has 1 saturated carbocycles. The van der Waals surface area contributed by atoms with Crippen LogP contribution in [0.1, 0.15) is 19.3 Å². The van der Waals surface area contributed by atoms with Crippen LogP contribution in [-0.4, -0.2) is 41.5 Å². The third-order valence-corrected chi connectivity index (χ3v) is 5.03. The third-order valence-electron chi connectivity index (χ3n) is 5.03. The molecule has 1 aliphatic rings. The number of aromatic amines is 1. The molecule has 0 radical (unpaired) electrons. The van der Waals surface area contributed by atoms with Gasteiger partial charge in [0.1, 0.15) is 0 Å². The smallest absolute Gasteiger partial charge is 0.273 e. The average molecular weight is 360 g/mol. The predicted molar refractivity (Wildman–Crippen MR) is 98.0 cm³/mol. The first-order chi connectivity index (χ1) is 12.5. The summed E-state index contributed by atoms with van der Waals surface area (Å²) in [5, 5.41) is 6.12. The van der Waals surface area contributed by atoms with E-state index in [0.29, 0.717) is 17.2 Å². The van der Waals surface area contributed by atoms with E-state index < -0.39 is 0 Å². The van der Waals surface area contributed by atoms with Crippen molar-refractivity contribution < 1.29 is 9.53 Å². The highest BCUT2D eigenvalue weighted by molar-refractivity contribution is 5.80. The molecule has 3 atom stereocenters. The number of aromatic nitrogens is 2. The van der Waals surface area contributed by atoms with Crippen LogP contribution < -0.4 is 22.2 Å². The highest BCUT2D eigenvalue weighted by Gasteiger charge is 2.31. The van der Waals surface area contributed by atoms with Gasteiger partial charge in [0, 0.05) is 25.6 Å². The van der Waals surface area contributed by atoms with Crippen LogP contribution >= 0.6 is 0 Å². The number of hydrogen-bond donors (Lipinski definition) is 3. The molecule has 8 heteroatoms. The molecule has 1 aliphatic carbocycles. The van der Waals surface area contributed by atoms with Gasteiger partial charge in [-0.15, -0.1) is 0 Å². The molecule has 0 aliphatic heterocycles. The number of nitrogens with zero attached hydrogens (tertiary/aromatic N) is 1. The Morgan fingerprint density at radius 1 is 1.31 bits per heavy atom. The van der Waals surface area contributed by atoms with E-state index >= 15 is 0 Å². The van der Waals surface area contributed by atoms with Crippen molar-refractivity contribution in [2.75, 3.05) is 13.7 Å². The Kier molecular flexibility index (Phi) is 5.53. The molecule has 0 unspecified atom stereocenters. The van der Waals surface area contributed by atoms with E-state index in [1.54, 1.807) is 31.4 Å². The molecule has 1 aromatic heterocycles. The average Bonchev–Trinajstić information content (AvgIpc) is 2.66. The zero-order valence-corrected chi connectivity index (χ0v) is 14.7. The monoisotopic (exact) mass is 360 g/mol. The van der Waals surface area contributed by atoms with Gasteiger partial charge in [0.2, 0.25) is 5.91 Å². The SMILES string of the molecule is CO[C@H]1C[C@@H](C(=O)NCCn2[nH]c(=O)c3ccccc3c2=O)CC[C@@H]1N. The van der Waals surface area contributed by atoms with Crippen LogP contribution in [0.5, 0.6) is 0 Å². The van der Waals surface area contributed by atoms with Gasteiger partial charge in [0.25, 0.3) is 11.1 Å². The number of amides is 1. The molecular formula is C18H24N4O4. The van der Waals surface area contributed by atoms with Crippen LogP contribution in [0, 0.1) is 5.92 Å². The summed E-state index contributed by atoms with van der Waals surface area (Å²) in [4.78, 5) is 36.8. The molecule has 0 bridgehead atoms. The third kappa shape index (κ3) is 3.71. The Morgan fingerprint density at radius 3 is 2.77 bits per heavy atom. The fourth-order valence-electron chi connectivity index (χ4n) is 3.50. The van der Waals surface area contributed by atoms with Gasteiger partial charge in [-0.25, -0.2) is 4.68 Å². The Bertz CT molecular complexity index is 904. The first-order valence-corrected chi connectivity index (χ1v) is 8.79. The van der Waals surface area contributed by atoms with Crippen molar-refractivity contribution >= 4 is 16.7 Å². The topological polar surface area (TPSA) is 119 Å². The molecule has 1 heterocycles. The van der Waals surface area contributed by atoms with Crippen molar-refractivity contribution in [1.82, 2.24) is 15.1 Å². The number of benzene rings is 1. The largest absolute Gasteiger partial charge is 0.380 e. The van der Waals surface area contributed by atoms with E-state index in [1.807, 2.05) is 0 Å². The molecule has 140 valence electrons. The van der Waals surface area contributed by atoms with Gasteiger partial charge in [-0.2, -0.15) is 0 Å². The van der Waals surface area contributed by atoms with Crippen LogP contribution in [0.15, 0.2) is 33.9 Å². The van der Waals surface area contributed by atoms with Crippen molar-refractivity contribution in [1.29, 1.82) is 0 Å². The highest BCUT2D eigenvalue weighted by atomic mass is 16.5. The first-order valence-electron chi connectivity index (χ1n) is 8.79. The van der Waals surface area contributed by atoms with Gasteiger partial charge in [0.15, 0.2) is 0 Å². The molecule has 26 heavy (non-hydrogen) atoms. The van der Waals surface area contributed by atoms with E-state index in [1.165, 1.54) is 4.68 Å². The zero-order valence-electron chi connectivity index (χ0n) is 14.7. The van der Waals surface area contributed by atoms with E-state index in [2.05, 4.69) is 10.4 Å². The van der Waals surface area contributed by atoms with Gasteiger partial charge >= 0.3 is 0 Å². The Balaban J connectivity index is 1.62. The summed E-state index contributed by atoms with van der Waals surface area (Å²) < 4.78 is 6.57. The maximum Gasteiger partial charge on any atom is 0.273 e. The Labute approximate surface area is 150 Å². The molecule has 0 spiro atoms. The number of rotatable bonds is 5. The number of fused-ring (bicyclic) bond motifs is 1. The van der Waals surface area contributed by atoms with Crippen molar-refractivity contribution in [3.05, 3.63) is 45.0 Å². The number of ether oxygens (including phenoxy) is 1. The lowest BCUT2D eigenvalue weighted by atomic mass is 9.83. The molecule has 0 saturated heterocycles. The summed E-state index contributed by atoms with van der Waals surface area (Å²) in [6.07, 6.45) is 1.95. The maximum absolute atomic E-state index is 12.4. The van der Waals surface area contributed by atoms with Crippen LogP contribution in [-0.2, 0) is 16.1 Å². The lowest BCUT2D eigenvalue weighted by Gasteiger charge is -2.32. The van der Waals surface area contributed by atoms with Crippen LogP contribution in [0.2, 0.25) is 0 Å². The number of nitrogens with one attached hydrogen (secondary N) is 2. The minimum atomic E-state index is -0.323. The first kappa shape index (κ1) is 18.3. The minimum absolute atomic E-state index is 0.0368. The molecule has 3 rings (SSSR count). The second-order valence-electron chi connectivity index (χ2n) is 6.68. The summed E-state index contributed by atoms with van der Waals surface area (Å²) in [6.45, 7) is 0.456. The summed E-state index contributed by atoms with van der Waals surface area (Å²) in [7, 11) is 1.60. The molecular weight excluding hydrogens is 336 g/mol. The van der Waals surface area contributed by atoms with Gasteiger partial charge in [-0.3, -0.25) is 19.5 Å². The van der Waals surface area contributed by atoms with E-state index in [9.17, 15) is 14.4 Å². The number of carbonyl (C=O) groups excluding carboxylic acids is 1. The molecule has 2 aromatic rings. The number of H-pyrrole nitrogens is 1. The van der Waals surface area contributed by atoms with Crippen molar-refractivity contribution in [3.8, 4) is 0 Å². The highest BCUT2D eigenvalue weighted by Crippen LogP contribution is 2.25. The summed E-state index contributed by atoms with van der Waals surface area (Å²) in [5.41, 5.74) is 5.37. The Morgan fingerprint density at radius 2 is 2.04 bits per heavy atom. The lowest BCUT2D eigenvalue weighted by Crippen LogP contribution is -2.46. The second-order valence-corrected chi connectivity index (χ2v) is 6.68. The van der Waals surface area contributed by atoms with Crippen LogP contribution in [0.25, 0.3) is 10.8 Å². The predicted octanol–water partition coefficient (Wildman–Crippen LogP) is -0.0516. The lowest BCUT2D eigenvalue weighted by molar-refractivity contribution is -0.127. The molecule has 1 aromatic carbocycles. The maximum atomic E-state index is 12.4. The normalized spacial score (nSPS) is 23.1. The standard InChI is InChI=1S/C18H24N4O4/c1-26-15-10-11(6-7-14(15)19)16(23)20-8-9-22-18(25)13-5-3-2-4-12(13)17(24)21-22/h2-5,11,14-15H,6-10,19H2,1H3,(H,20,23)(H,21,24)/t11-,14-,15-/m0/s1. The zero-order chi connectivity index (χ0) is 18.7. The minimum Gasteiger partial charge on any atom is -0.380 e. The fraction of sp³-hybridized carbons (Fsp3) is 0.500. The van der Waals surface area contributed by atoms with Crippen LogP contribution in [0.3, 0.4) is 0 Å². The van der Waals surface area contributed by atoms with Crippen molar-refractivity contribution in [2.45, 2.75) is 38.0 Å². The van der Waals surface area contributed by atoms with E-state index in [-0.39, 0.29) is 48.2 Å². The molecule has 8 nitrogen and oxygen atoms in total. The summed E-state index contributed by atoms with van der Waals surface area (Å²) in [6, 6.07) is 6.63. The number of methoxy groups -OCH3 is 1. The van der Waals surface area contributed by atoms with Gasteiger partial charge in [-0.05, 0) is 31.4 Å². The van der Waals surface area contributed by atoms with Gasteiger partial charge < -0.3 is 15.8 Å². The van der Waals surface area contributed by atoms with E-state index in [4.69, 9.17) is 10.5 Å². The van der Waals surface area contributed by atoms with Gasteiger partial charge in [0.05, 0.1) is 23.4 Å². The van der Waals surface area contributed by atoms with Crippen molar-refractivity contribution in [2.24, 2.45) is 11.7 Å². The summed E-state index contributed by atoms with van der Waals surface area (Å²) >= 11 is 0. The van der Waals surface area contributed by atoms with Crippen molar-refractivity contribution in [3.63, 3.8) is 0 Å². The van der Waals surface area contributed by atoms with E-state index in [0.717, 1.165) is 12.8 Å². The summed E-state index contributed by atoms with van der Waals surface area (Å²) in [5.74, 6) is -0.220. The number of carbonyl (C=O) groups is 1. The quantitative estimate of drug-likeness (QED) is 0.691.